The van der Waals surface area contributed by atoms with Gasteiger partial charge in [0.05, 0.1) is 0 Å². The quantitative estimate of drug-likeness (QED) is 0.840. The summed E-state index contributed by atoms with van der Waals surface area (Å²) >= 11 is 6.65. The molecule has 1 N–H and O–H groups in total. The van der Waals surface area contributed by atoms with Crippen molar-refractivity contribution >= 4 is 43.7 Å². The molecular weight excluding hydrogens is 378 g/mol. The molecule has 0 heterocycles. The van der Waals surface area contributed by atoms with Crippen LogP contribution in [-0.2, 0) is 4.79 Å². The molecule has 0 radical (unpaired) electrons. The van der Waals surface area contributed by atoms with E-state index in [1.165, 1.54) is 4.90 Å². The normalized spacial score (nSPS) is 14.2. The van der Waals surface area contributed by atoms with Crippen LogP contribution in [0.2, 0.25) is 0 Å². The number of carboxylic acids is 1. The van der Waals surface area contributed by atoms with Gasteiger partial charge in [-0.1, -0.05) is 31.9 Å². The molecule has 19 heavy (non-hydrogen) atoms. The summed E-state index contributed by atoms with van der Waals surface area (Å²) in [5.41, 5.74) is 0.489. The van der Waals surface area contributed by atoms with E-state index in [9.17, 15) is 9.59 Å². The van der Waals surface area contributed by atoms with Crippen LogP contribution in [0.15, 0.2) is 27.1 Å². The molecule has 102 valence electrons. The second-order valence-corrected chi connectivity index (χ2v) is 6.51. The van der Waals surface area contributed by atoms with E-state index in [4.69, 9.17) is 5.11 Å². The van der Waals surface area contributed by atoms with E-state index in [2.05, 4.69) is 31.9 Å². The van der Waals surface area contributed by atoms with E-state index in [-0.39, 0.29) is 12.5 Å². The lowest BCUT2D eigenvalue weighted by atomic mass is 10.2. The summed E-state index contributed by atoms with van der Waals surface area (Å²) in [7, 11) is 0. The second kappa shape index (κ2) is 6.05. The van der Waals surface area contributed by atoms with Crippen molar-refractivity contribution in [1.82, 2.24) is 4.90 Å². The third-order valence-electron chi connectivity index (χ3n) is 2.90. The van der Waals surface area contributed by atoms with E-state index in [1.807, 2.05) is 6.07 Å². The van der Waals surface area contributed by atoms with Gasteiger partial charge in [0.2, 0.25) is 0 Å². The minimum absolute atomic E-state index is 0.240. The maximum Gasteiger partial charge on any atom is 0.323 e. The second-order valence-electron chi connectivity index (χ2n) is 4.68. The number of carbonyl (C=O) groups excluding carboxylic acids is 1. The Morgan fingerprint density at radius 1 is 1.21 bits per heavy atom. The Morgan fingerprint density at radius 3 is 2.26 bits per heavy atom. The molecule has 4 nitrogen and oxygen atoms in total. The maximum absolute atomic E-state index is 12.4. The topological polar surface area (TPSA) is 57.6 Å². The van der Waals surface area contributed by atoms with Crippen LogP contribution < -0.4 is 0 Å². The SMILES string of the molecule is O=C(O)CN(CC1CC1)C(=O)c1cc(Br)cc(Br)c1. The lowest BCUT2D eigenvalue weighted by Crippen LogP contribution is -2.37. The van der Waals surface area contributed by atoms with Crippen LogP contribution in [-0.4, -0.2) is 35.0 Å². The van der Waals surface area contributed by atoms with Crippen LogP contribution >= 0.6 is 31.9 Å². The first-order valence-electron chi connectivity index (χ1n) is 5.93. The van der Waals surface area contributed by atoms with Gasteiger partial charge in [0.15, 0.2) is 0 Å². The van der Waals surface area contributed by atoms with Gasteiger partial charge in [-0.3, -0.25) is 9.59 Å². The summed E-state index contributed by atoms with van der Waals surface area (Å²) in [6, 6.07) is 5.24. The van der Waals surface area contributed by atoms with Crippen molar-refractivity contribution < 1.29 is 14.7 Å². The van der Waals surface area contributed by atoms with Crippen LogP contribution in [0.5, 0.6) is 0 Å². The summed E-state index contributed by atoms with van der Waals surface area (Å²) < 4.78 is 1.57. The van der Waals surface area contributed by atoms with Gasteiger partial charge in [0.1, 0.15) is 6.54 Å². The Balaban J connectivity index is 2.18. The fraction of sp³-hybridized carbons (Fsp3) is 0.385. The van der Waals surface area contributed by atoms with Crippen molar-refractivity contribution in [3.05, 3.63) is 32.7 Å². The van der Waals surface area contributed by atoms with Gasteiger partial charge in [0.25, 0.3) is 5.91 Å². The molecule has 1 aliphatic carbocycles. The Bertz CT molecular complexity index is 494. The number of rotatable bonds is 5. The summed E-state index contributed by atoms with van der Waals surface area (Å²) in [5.74, 6) is -0.766. The van der Waals surface area contributed by atoms with E-state index in [1.54, 1.807) is 12.1 Å². The monoisotopic (exact) mass is 389 g/mol. The third-order valence-corrected chi connectivity index (χ3v) is 3.81. The average Bonchev–Trinajstić information content (AvgIpc) is 3.09. The molecule has 1 amide bonds. The molecule has 2 rings (SSSR count). The fourth-order valence-corrected chi connectivity index (χ4v) is 3.15. The van der Waals surface area contributed by atoms with Gasteiger partial charge < -0.3 is 10.0 Å². The number of amides is 1. The molecule has 0 spiro atoms. The number of aliphatic carboxylic acids is 1. The van der Waals surface area contributed by atoms with Crippen molar-refractivity contribution in [2.75, 3.05) is 13.1 Å². The van der Waals surface area contributed by atoms with Crippen LogP contribution in [0.25, 0.3) is 0 Å². The Hall–Kier alpha value is -0.880. The predicted molar refractivity (Wildman–Crippen MR) is 78.1 cm³/mol. The number of hydrogen-bond donors (Lipinski definition) is 1. The maximum atomic E-state index is 12.4. The lowest BCUT2D eigenvalue weighted by Gasteiger charge is -2.20. The lowest BCUT2D eigenvalue weighted by molar-refractivity contribution is -0.137. The first-order valence-corrected chi connectivity index (χ1v) is 7.51. The number of hydrogen-bond acceptors (Lipinski definition) is 2. The standard InChI is InChI=1S/C13H13Br2NO3/c14-10-3-9(4-11(15)5-10)13(19)16(7-12(17)18)6-8-1-2-8/h3-5,8H,1-2,6-7H2,(H,17,18). The van der Waals surface area contributed by atoms with E-state index < -0.39 is 5.97 Å². The number of carboxylic acid groups (broad SMARTS) is 1. The predicted octanol–water partition coefficient (Wildman–Crippen LogP) is 3.15. The highest BCUT2D eigenvalue weighted by molar-refractivity contribution is 9.11. The number of carbonyl (C=O) groups is 2. The Morgan fingerprint density at radius 2 is 1.79 bits per heavy atom. The highest BCUT2D eigenvalue weighted by Gasteiger charge is 2.28. The number of nitrogens with zero attached hydrogens (tertiary/aromatic N) is 1. The first-order chi connectivity index (χ1) is 8.95. The highest BCUT2D eigenvalue weighted by atomic mass is 79.9. The molecule has 0 saturated heterocycles. The Kier molecular flexibility index (Phi) is 4.62. The molecular formula is C13H13Br2NO3. The van der Waals surface area contributed by atoms with Crippen LogP contribution in [0.1, 0.15) is 23.2 Å². The van der Waals surface area contributed by atoms with Gasteiger partial charge in [-0.05, 0) is 37.0 Å². The van der Waals surface area contributed by atoms with Crippen LogP contribution in [0.4, 0.5) is 0 Å². The van der Waals surface area contributed by atoms with Gasteiger partial charge in [-0.15, -0.1) is 0 Å². The molecule has 1 aromatic carbocycles. The van der Waals surface area contributed by atoms with Crippen LogP contribution in [0.3, 0.4) is 0 Å². The minimum Gasteiger partial charge on any atom is -0.480 e. The van der Waals surface area contributed by atoms with E-state index in [0.29, 0.717) is 18.0 Å². The molecule has 0 atom stereocenters. The molecule has 1 saturated carbocycles. The van der Waals surface area contributed by atoms with Crippen molar-refractivity contribution in [3.63, 3.8) is 0 Å². The van der Waals surface area contributed by atoms with Crippen LogP contribution in [0, 0.1) is 5.92 Å². The average molecular weight is 391 g/mol. The zero-order chi connectivity index (χ0) is 14.0. The van der Waals surface area contributed by atoms with Gasteiger partial charge in [-0.25, -0.2) is 0 Å². The first kappa shape index (κ1) is 14.5. The highest BCUT2D eigenvalue weighted by Crippen LogP contribution is 2.30. The number of benzene rings is 1. The van der Waals surface area contributed by atoms with Gasteiger partial charge >= 0.3 is 5.97 Å². The molecule has 0 aliphatic heterocycles. The summed E-state index contributed by atoms with van der Waals surface area (Å²) in [5, 5.41) is 8.91. The van der Waals surface area contributed by atoms with Crippen molar-refractivity contribution in [2.24, 2.45) is 5.92 Å². The summed E-state index contributed by atoms with van der Waals surface area (Å²) in [4.78, 5) is 24.6. The van der Waals surface area contributed by atoms with E-state index in [0.717, 1.165) is 21.8 Å². The molecule has 1 aliphatic rings. The number of halogens is 2. The zero-order valence-electron chi connectivity index (χ0n) is 10.1. The largest absolute Gasteiger partial charge is 0.480 e. The summed E-state index contributed by atoms with van der Waals surface area (Å²) in [6.45, 7) is 0.273. The van der Waals surface area contributed by atoms with Crippen molar-refractivity contribution in [1.29, 1.82) is 0 Å². The molecule has 6 heteroatoms. The Labute approximate surface area is 128 Å². The minimum atomic E-state index is -0.983. The molecule has 0 bridgehead atoms. The fourth-order valence-electron chi connectivity index (χ4n) is 1.85. The molecule has 0 aromatic heterocycles. The van der Waals surface area contributed by atoms with E-state index >= 15 is 0 Å². The smallest absolute Gasteiger partial charge is 0.323 e. The molecule has 0 unspecified atom stereocenters. The molecule has 1 fully saturated rings. The van der Waals surface area contributed by atoms with Gasteiger partial charge in [-0.2, -0.15) is 0 Å². The van der Waals surface area contributed by atoms with Gasteiger partial charge in [0, 0.05) is 21.1 Å². The van der Waals surface area contributed by atoms with Crippen molar-refractivity contribution in [2.45, 2.75) is 12.8 Å². The zero-order valence-corrected chi connectivity index (χ0v) is 13.3. The van der Waals surface area contributed by atoms with Crippen molar-refractivity contribution in [3.8, 4) is 0 Å². The molecule has 1 aromatic rings. The third kappa shape index (κ3) is 4.31. The summed E-state index contributed by atoms with van der Waals surface area (Å²) in [6.07, 6.45) is 2.15.